The van der Waals surface area contributed by atoms with E-state index in [1.54, 1.807) is 37.4 Å². The summed E-state index contributed by atoms with van der Waals surface area (Å²) in [5.74, 6) is -0.0572. The lowest BCUT2D eigenvalue weighted by molar-refractivity contribution is -0.137. The van der Waals surface area contributed by atoms with Crippen molar-refractivity contribution in [2.45, 2.75) is 24.9 Å². The van der Waals surface area contributed by atoms with Crippen molar-refractivity contribution in [3.05, 3.63) is 70.8 Å². The molecular formula is C18H18F3NO2S. The second-order valence-electron chi connectivity index (χ2n) is 5.74. The molecule has 0 saturated carbocycles. The van der Waals surface area contributed by atoms with E-state index in [9.17, 15) is 22.2 Å². The summed E-state index contributed by atoms with van der Waals surface area (Å²) in [6.07, 6.45) is -2.85. The molecule has 2 rings (SSSR count). The van der Waals surface area contributed by atoms with E-state index in [-0.39, 0.29) is 0 Å². The summed E-state index contributed by atoms with van der Waals surface area (Å²) in [5, 5.41) is 2.69. The van der Waals surface area contributed by atoms with Crippen molar-refractivity contribution in [1.29, 1.82) is 0 Å². The van der Waals surface area contributed by atoms with Crippen LogP contribution in [0.4, 0.5) is 13.2 Å². The number of rotatable bonds is 5. The molecule has 2 unspecified atom stereocenters. The van der Waals surface area contributed by atoms with Crippen LogP contribution < -0.4 is 5.32 Å². The number of nitrogens with one attached hydrogen (secondary N) is 1. The monoisotopic (exact) mass is 369 g/mol. The van der Waals surface area contributed by atoms with Crippen molar-refractivity contribution in [1.82, 2.24) is 5.32 Å². The van der Waals surface area contributed by atoms with Crippen LogP contribution in [0.5, 0.6) is 0 Å². The number of hydrogen-bond acceptors (Lipinski definition) is 2. The smallest absolute Gasteiger partial charge is 0.346 e. The van der Waals surface area contributed by atoms with E-state index >= 15 is 0 Å². The molecule has 7 heteroatoms. The maximum atomic E-state index is 12.8. The number of halogens is 3. The van der Waals surface area contributed by atoms with E-state index in [0.717, 1.165) is 17.7 Å². The van der Waals surface area contributed by atoms with Crippen molar-refractivity contribution in [2.24, 2.45) is 0 Å². The van der Waals surface area contributed by atoms with Crippen LogP contribution in [0, 0.1) is 0 Å². The molecule has 0 bridgehead atoms. The van der Waals surface area contributed by atoms with Crippen LogP contribution in [-0.4, -0.2) is 16.4 Å². The van der Waals surface area contributed by atoms with Gasteiger partial charge in [0.05, 0.1) is 11.6 Å². The fraction of sp³-hybridized carbons (Fsp3) is 0.278. The summed E-state index contributed by atoms with van der Waals surface area (Å²) in [6.45, 7) is 1.62. The SMILES string of the molecule is CC(NC(=O)c1cccc(CS(C)=O)c1)c1cccc(C(F)(F)F)c1. The van der Waals surface area contributed by atoms with Gasteiger partial charge in [-0.15, -0.1) is 0 Å². The molecule has 134 valence electrons. The standard InChI is InChI=1S/C18H18F3NO2S/c1-12(14-6-4-8-16(10-14)18(19,20)21)22-17(23)15-7-3-5-13(9-15)11-25(2)24/h3-10,12H,11H2,1-2H3,(H,22,23). The zero-order chi connectivity index (χ0) is 18.6. The first kappa shape index (κ1) is 19.2. The molecule has 3 nitrogen and oxygen atoms in total. The van der Waals surface area contributed by atoms with Crippen molar-refractivity contribution < 1.29 is 22.2 Å². The van der Waals surface area contributed by atoms with Gasteiger partial charge in [0, 0.05) is 28.4 Å². The van der Waals surface area contributed by atoms with Gasteiger partial charge in [-0.25, -0.2) is 0 Å². The summed E-state index contributed by atoms with van der Waals surface area (Å²) >= 11 is 0. The number of carbonyl (C=O) groups is 1. The highest BCUT2D eigenvalue weighted by atomic mass is 32.2. The highest BCUT2D eigenvalue weighted by molar-refractivity contribution is 7.83. The zero-order valence-electron chi connectivity index (χ0n) is 13.8. The van der Waals surface area contributed by atoms with Gasteiger partial charge in [0.1, 0.15) is 0 Å². The lowest BCUT2D eigenvalue weighted by atomic mass is 10.0. The Kier molecular flexibility index (Phi) is 6.00. The second-order valence-corrected chi connectivity index (χ2v) is 7.17. The first-order chi connectivity index (χ1) is 11.7. The van der Waals surface area contributed by atoms with E-state index in [1.807, 2.05) is 0 Å². The molecule has 0 heterocycles. The van der Waals surface area contributed by atoms with Crippen molar-refractivity contribution in [2.75, 3.05) is 6.26 Å². The largest absolute Gasteiger partial charge is 0.416 e. The Hall–Kier alpha value is -2.15. The van der Waals surface area contributed by atoms with Crippen LogP contribution in [0.15, 0.2) is 48.5 Å². The first-order valence-electron chi connectivity index (χ1n) is 7.54. The van der Waals surface area contributed by atoms with Crippen LogP contribution in [-0.2, 0) is 22.7 Å². The normalized spacial score (nSPS) is 14.0. The third-order valence-electron chi connectivity index (χ3n) is 3.62. The maximum Gasteiger partial charge on any atom is 0.416 e. The Morgan fingerprint density at radius 1 is 1.16 bits per heavy atom. The molecule has 2 atom stereocenters. The average molecular weight is 369 g/mol. The van der Waals surface area contributed by atoms with Gasteiger partial charge in [0.2, 0.25) is 0 Å². The summed E-state index contributed by atoms with van der Waals surface area (Å²) in [5.41, 5.74) is 0.759. The van der Waals surface area contributed by atoms with Crippen LogP contribution in [0.25, 0.3) is 0 Å². The maximum absolute atomic E-state index is 12.8. The minimum atomic E-state index is -4.43. The van der Waals surface area contributed by atoms with Crippen molar-refractivity contribution in [3.8, 4) is 0 Å². The molecule has 1 N–H and O–H groups in total. The molecule has 1 amide bonds. The Morgan fingerprint density at radius 2 is 1.84 bits per heavy atom. The molecule has 0 saturated heterocycles. The van der Waals surface area contributed by atoms with Gasteiger partial charge in [-0.05, 0) is 42.3 Å². The van der Waals surface area contributed by atoms with Crippen LogP contribution >= 0.6 is 0 Å². The van der Waals surface area contributed by atoms with Crippen molar-refractivity contribution >= 4 is 16.7 Å². The summed E-state index contributed by atoms with van der Waals surface area (Å²) < 4.78 is 49.7. The van der Waals surface area contributed by atoms with Crippen LogP contribution in [0.3, 0.4) is 0 Å². The van der Waals surface area contributed by atoms with Gasteiger partial charge in [-0.1, -0.05) is 24.3 Å². The topological polar surface area (TPSA) is 46.2 Å². The summed E-state index contributed by atoms with van der Waals surface area (Å²) in [6, 6.07) is 11.0. The third-order valence-corrected chi connectivity index (χ3v) is 4.36. The lowest BCUT2D eigenvalue weighted by Gasteiger charge is -2.16. The molecule has 0 aromatic heterocycles. The first-order valence-corrected chi connectivity index (χ1v) is 9.26. The molecule has 0 aliphatic carbocycles. The molecule has 2 aromatic carbocycles. The van der Waals surface area contributed by atoms with E-state index < -0.39 is 34.5 Å². The zero-order valence-corrected chi connectivity index (χ0v) is 14.6. The molecule has 0 fully saturated rings. The lowest BCUT2D eigenvalue weighted by Crippen LogP contribution is -2.27. The van der Waals surface area contributed by atoms with E-state index in [4.69, 9.17) is 0 Å². The van der Waals surface area contributed by atoms with Gasteiger partial charge in [0.15, 0.2) is 0 Å². The predicted octanol–water partition coefficient (Wildman–Crippen LogP) is 4.07. The molecule has 2 aromatic rings. The Labute approximate surface area is 146 Å². The molecule has 25 heavy (non-hydrogen) atoms. The predicted molar refractivity (Wildman–Crippen MR) is 91.5 cm³/mol. The Bertz CT molecular complexity index is 790. The minimum absolute atomic E-state index is 0.338. The highest BCUT2D eigenvalue weighted by Gasteiger charge is 2.30. The van der Waals surface area contributed by atoms with Gasteiger partial charge >= 0.3 is 6.18 Å². The van der Waals surface area contributed by atoms with Crippen LogP contribution in [0.2, 0.25) is 0 Å². The number of hydrogen-bond donors (Lipinski definition) is 1. The number of benzene rings is 2. The molecule has 0 aliphatic rings. The van der Waals surface area contributed by atoms with Gasteiger partial charge in [0.25, 0.3) is 5.91 Å². The van der Waals surface area contributed by atoms with Crippen LogP contribution in [0.1, 0.15) is 40.0 Å². The van der Waals surface area contributed by atoms with Gasteiger partial charge in [-0.2, -0.15) is 13.2 Å². The number of amides is 1. The summed E-state index contributed by atoms with van der Waals surface area (Å²) in [4.78, 5) is 12.3. The quantitative estimate of drug-likeness (QED) is 0.863. The van der Waals surface area contributed by atoms with E-state index in [2.05, 4.69) is 5.32 Å². The number of alkyl halides is 3. The fourth-order valence-corrected chi connectivity index (χ4v) is 3.03. The van der Waals surface area contributed by atoms with E-state index in [1.165, 1.54) is 12.1 Å². The molecule has 0 spiro atoms. The Morgan fingerprint density at radius 3 is 2.48 bits per heavy atom. The summed E-state index contributed by atoms with van der Waals surface area (Å²) in [7, 11) is -1.03. The minimum Gasteiger partial charge on any atom is -0.346 e. The molecule has 0 aliphatic heterocycles. The van der Waals surface area contributed by atoms with E-state index in [0.29, 0.717) is 16.9 Å². The Balaban J connectivity index is 2.14. The molecule has 0 radical (unpaired) electrons. The number of carbonyl (C=O) groups excluding carboxylic acids is 1. The third kappa shape index (κ3) is 5.42. The highest BCUT2D eigenvalue weighted by Crippen LogP contribution is 2.30. The molecular weight excluding hydrogens is 351 g/mol. The van der Waals surface area contributed by atoms with Gasteiger partial charge in [-0.3, -0.25) is 9.00 Å². The average Bonchev–Trinajstić information content (AvgIpc) is 2.53. The van der Waals surface area contributed by atoms with Crippen molar-refractivity contribution in [3.63, 3.8) is 0 Å². The van der Waals surface area contributed by atoms with Gasteiger partial charge < -0.3 is 5.32 Å². The fourth-order valence-electron chi connectivity index (χ4n) is 2.38. The second kappa shape index (κ2) is 7.82.